The Morgan fingerprint density at radius 2 is 1.51 bits per heavy atom. The quantitative estimate of drug-likeness (QED) is 0.463. The van der Waals surface area contributed by atoms with Crippen molar-refractivity contribution in [1.82, 2.24) is 10.6 Å². The van der Waals surface area contributed by atoms with E-state index in [0.29, 0.717) is 0 Å². The maximum absolute atomic E-state index is 12.6. The Balaban J connectivity index is 1.61. The monoisotopic (exact) mass is 482 g/mol. The predicted octanol–water partition coefficient (Wildman–Crippen LogP) is 3.85. The Hall–Kier alpha value is -3.88. The first-order chi connectivity index (χ1) is 16.5. The number of fused-ring (bicyclic) bond motifs is 3. The van der Waals surface area contributed by atoms with Crippen molar-refractivity contribution in [3.63, 3.8) is 0 Å². The van der Waals surface area contributed by atoms with Crippen molar-refractivity contribution >= 4 is 23.9 Å². The lowest BCUT2D eigenvalue weighted by atomic mass is 9.98. The van der Waals surface area contributed by atoms with Gasteiger partial charge in [-0.3, -0.25) is 9.59 Å². The molecule has 0 radical (unpaired) electrons. The van der Waals surface area contributed by atoms with Crippen LogP contribution in [-0.2, 0) is 19.1 Å². The molecule has 0 saturated heterocycles. The minimum absolute atomic E-state index is 0.00536. The summed E-state index contributed by atoms with van der Waals surface area (Å²) < 4.78 is 10.6. The average molecular weight is 483 g/mol. The van der Waals surface area contributed by atoms with E-state index >= 15 is 0 Å². The molecule has 2 amide bonds. The number of nitrogens with one attached hydrogen (secondary N) is 2. The number of rotatable bonds is 9. The van der Waals surface area contributed by atoms with Crippen LogP contribution in [-0.4, -0.2) is 53.8 Å². The molecule has 0 fully saturated rings. The number of carboxylic acids is 1. The van der Waals surface area contributed by atoms with E-state index in [2.05, 4.69) is 10.6 Å². The molecule has 3 rings (SSSR count). The Morgan fingerprint density at radius 3 is 2.06 bits per heavy atom. The van der Waals surface area contributed by atoms with Gasteiger partial charge in [0.15, 0.2) is 5.78 Å². The Bertz CT molecular complexity index is 1060. The smallest absolute Gasteiger partial charge is 0.407 e. The lowest BCUT2D eigenvalue weighted by Crippen LogP contribution is -2.44. The summed E-state index contributed by atoms with van der Waals surface area (Å²) in [6.45, 7) is 5.18. The first-order valence-electron chi connectivity index (χ1n) is 11.4. The zero-order chi connectivity index (χ0) is 25.6. The fraction of sp³-hybridized carbons (Fsp3) is 0.385. The van der Waals surface area contributed by atoms with Gasteiger partial charge in [-0.05, 0) is 49.4 Å². The number of ether oxygens (including phenoxy) is 2. The molecule has 35 heavy (non-hydrogen) atoms. The molecule has 1 unspecified atom stereocenters. The summed E-state index contributed by atoms with van der Waals surface area (Å²) in [6.07, 6.45) is -2.30. The van der Waals surface area contributed by atoms with Gasteiger partial charge in [-0.25, -0.2) is 9.59 Å². The fourth-order valence-corrected chi connectivity index (χ4v) is 4.00. The third kappa shape index (κ3) is 7.05. The zero-order valence-electron chi connectivity index (χ0n) is 20.0. The number of ketones is 1. The van der Waals surface area contributed by atoms with Gasteiger partial charge in [-0.15, -0.1) is 0 Å². The molecule has 0 spiro atoms. The zero-order valence-corrected chi connectivity index (χ0v) is 20.0. The first kappa shape index (κ1) is 25.7. The van der Waals surface area contributed by atoms with Gasteiger partial charge in [0.2, 0.25) is 0 Å². The number of hydrogen-bond acceptors (Lipinski definition) is 6. The number of alkyl carbamates (subject to hydrolysis) is 2. The highest BCUT2D eigenvalue weighted by Crippen LogP contribution is 2.44. The molecule has 0 saturated carbocycles. The summed E-state index contributed by atoms with van der Waals surface area (Å²) in [4.78, 5) is 47.8. The summed E-state index contributed by atoms with van der Waals surface area (Å²) in [5, 5.41) is 13.9. The largest absolute Gasteiger partial charge is 0.481 e. The number of amides is 2. The molecule has 1 aliphatic carbocycles. The molecule has 2 aromatic rings. The summed E-state index contributed by atoms with van der Waals surface area (Å²) in [6, 6.07) is 14.6. The lowest BCUT2D eigenvalue weighted by molar-refractivity contribution is -0.140. The van der Waals surface area contributed by atoms with Crippen LogP contribution in [0.15, 0.2) is 48.5 Å². The van der Waals surface area contributed by atoms with Gasteiger partial charge in [-0.2, -0.15) is 0 Å². The number of carbonyl (C=O) groups is 4. The molecule has 9 nitrogen and oxygen atoms in total. The third-order valence-corrected chi connectivity index (χ3v) is 5.45. The van der Waals surface area contributed by atoms with Crippen LogP contribution in [0.25, 0.3) is 11.1 Å². The topological polar surface area (TPSA) is 131 Å². The van der Waals surface area contributed by atoms with Crippen LogP contribution in [0.5, 0.6) is 0 Å². The summed E-state index contributed by atoms with van der Waals surface area (Å²) in [5.41, 5.74) is 3.56. The number of aliphatic carboxylic acids is 1. The Kier molecular flexibility index (Phi) is 8.11. The van der Waals surface area contributed by atoms with E-state index in [4.69, 9.17) is 14.6 Å². The van der Waals surface area contributed by atoms with E-state index < -0.39 is 42.0 Å². The minimum Gasteiger partial charge on any atom is -0.481 e. The summed E-state index contributed by atoms with van der Waals surface area (Å²) in [5.74, 6) is -2.17. The van der Waals surface area contributed by atoms with Gasteiger partial charge in [0, 0.05) is 12.5 Å². The van der Waals surface area contributed by atoms with Crippen molar-refractivity contribution in [3.05, 3.63) is 59.7 Å². The molecule has 0 heterocycles. The molecule has 186 valence electrons. The normalized spacial score (nSPS) is 13.2. The molecule has 0 bridgehead atoms. The van der Waals surface area contributed by atoms with Gasteiger partial charge in [0.05, 0.1) is 6.04 Å². The van der Waals surface area contributed by atoms with Crippen molar-refractivity contribution in [1.29, 1.82) is 0 Å². The molecular formula is C26H30N2O7. The van der Waals surface area contributed by atoms with Crippen LogP contribution in [0.3, 0.4) is 0 Å². The van der Waals surface area contributed by atoms with E-state index in [0.717, 1.165) is 22.3 Å². The van der Waals surface area contributed by atoms with Gasteiger partial charge in [-0.1, -0.05) is 48.5 Å². The van der Waals surface area contributed by atoms with Crippen LogP contribution in [0.2, 0.25) is 0 Å². The number of carbonyl (C=O) groups excluding carboxylic acids is 3. The van der Waals surface area contributed by atoms with Crippen molar-refractivity contribution < 1.29 is 33.8 Å². The molecular weight excluding hydrogens is 452 g/mol. The lowest BCUT2D eigenvalue weighted by Gasteiger charge is -2.21. The van der Waals surface area contributed by atoms with Crippen molar-refractivity contribution in [2.24, 2.45) is 0 Å². The fourth-order valence-electron chi connectivity index (χ4n) is 4.00. The molecule has 3 N–H and O–H groups in total. The molecule has 0 aromatic heterocycles. The number of hydrogen-bond donors (Lipinski definition) is 3. The summed E-state index contributed by atoms with van der Waals surface area (Å²) in [7, 11) is 0. The first-order valence-corrected chi connectivity index (χ1v) is 11.4. The van der Waals surface area contributed by atoms with Crippen molar-refractivity contribution in [2.45, 2.75) is 51.2 Å². The number of carboxylic acid groups (broad SMARTS) is 1. The van der Waals surface area contributed by atoms with E-state index in [1.165, 1.54) is 0 Å². The Morgan fingerprint density at radius 1 is 0.943 bits per heavy atom. The number of Topliss-reactive ketones (excluding diaryl/α,β-unsaturated/α-hetero) is 1. The van der Waals surface area contributed by atoms with E-state index in [1.807, 2.05) is 48.5 Å². The highest BCUT2D eigenvalue weighted by molar-refractivity contribution is 5.99. The third-order valence-electron chi connectivity index (χ3n) is 5.45. The van der Waals surface area contributed by atoms with Gasteiger partial charge in [0.25, 0.3) is 0 Å². The van der Waals surface area contributed by atoms with Crippen LogP contribution in [0, 0.1) is 0 Å². The summed E-state index contributed by atoms with van der Waals surface area (Å²) >= 11 is 0. The maximum Gasteiger partial charge on any atom is 0.407 e. The number of benzene rings is 2. The Labute approximate surface area is 203 Å². The van der Waals surface area contributed by atoms with Crippen molar-refractivity contribution in [2.75, 3.05) is 13.2 Å². The predicted molar refractivity (Wildman–Crippen MR) is 128 cm³/mol. The second-order valence-corrected chi connectivity index (χ2v) is 9.28. The van der Waals surface area contributed by atoms with Crippen molar-refractivity contribution in [3.8, 4) is 11.1 Å². The van der Waals surface area contributed by atoms with E-state index in [-0.39, 0.29) is 25.5 Å². The van der Waals surface area contributed by atoms with E-state index in [9.17, 15) is 19.2 Å². The minimum atomic E-state index is -1.31. The van der Waals surface area contributed by atoms with Crippen LogP contribution >= 0.6 is 0 Å². The van der Waals surface area contributed by atoms with Gasteiger partial charge >= 0.3 is 18.2 Å². The maximum atomic E-state index is 12.6. The standard InChI is InChI=1S/C26H30N2O7/c1-26(2,3)35-24(32)27-13-12-21(22(29)14-23(30)31)28-25(33)34-15-20-18-10-6-4-8-16(18)17-9-5-7-11-19(17)20/h4-11,20-21H,12-15H2,1-3H3,(H,27,32)(H,28,33)(H,30,31). The van der Waals surface area contributed by atoms with Gasteiger partial charge < -0.3 is 25.2 Å². The highest BCUT2D eigenvalue weighted by atomic mass is 16.6. The molecule has 9 heteroatoms. The highest BCUT2D eigenvalue weighted by Gasteiger charge is 2.30. The molecule has 1 atom stereocenters. The molecule has 1 aliphatic rings. The second-order valence-electron chi connectivity index (χ2n) is 9.28. The average Bonchev–Trinajstić information content (AvgIpc) is 3.09. The van der Waals surface area contributed by atoms with Crippen LogP contribution < -0.4 is 10.6 Å². The van der Waals surface area contributed by atoms with Crippen LogP contribution in [0.4, 0.5) is 9.59 Å². The van der Waals surface area contributed by atoms with Gasteiger partial charge in [0.1, 0.15) is 18.6 Å². The van der Waals surface area contributed by atoms with E-state index in [1.54, 1.807) is 20.8 Å². The molecule has 0 aliphatic heterocycles. The van der Waals surface area contributed by atoms with Crippen LogP contribution in [0.1, 0.15) is 50.7 Å². The SMILES string of the molecule is CC(C)(C)OC(=O)NCCC(NC(=O)OCC1c2ccccc2-c2ccccc21)C(=O)CC(=O)O. The molecule has 2 aromatic carbocycles. The second kappa shape index (κ2) is 11.0.